The van der Waals surface area contributed by atoms with Crippen molar-refractivity contribution in [1.82, 2.24) is 10.6 Å². The first-order chi connectivity index (χ1) is 4.16. The maximum Gasteiger partial charge on any atom is 0.160 e. The van der Waals surface area contributed by atoms with Gasteiger partial charge in [-0.2, -0.15) is 0 Å². The number of nitrogens with one attached hydrogen (secondary N) is 2. The van der Waals surface area contributed by atoms with Gasteiger partial charge in [0, 0.05) is 6.04 Å². The first kappa shape index (κ1) is 8.88. The Kier molecular flexibility index (Phi) is 4.67. The Morgan fingerprint density at radius 1 is 1.44 bits per heavy atom. The maximum atomic E-state index is 9.00. The lowest BCUT2D eigenvalue weighted by molar-refractivity contribution is 0.0949. The first-order valence-corrected chi connectivity index (χ1v) is 3.34. The Labute approximate surface area is 56.5 Å². The van der Waals surface area contributed by atoms with Gasteiger partial charge in [-0.1, -0.05) is 6.92 Å². The van der Waals surface area contributed by atoms with Crippen molar-refractivity contribution in [2.75, 3.05) is 6.54 Å². The summed E-state index contributed by atoms with van der Waals surface area (Å²) in [4.78, 5) is 0. The lowest BCUT2D eigenvalue weighted by atomic mass is 10.4. The van der Waals surface area contributed by atoms with Crippen LogP contribution in [0.15, 0.2) is 0 Å². The minimum Gasteiger partial charge on any atom is -0.365 e. The average molecular weight is 132 g/mol. The summed E-state index contributed by atoms with van der Waals surface area (Å²) in [5, 5.41) is 14.7. The molecule has 0 rings (SSSR count). The summed E-state index contributed by atoms with van der Waals surface area (Å²) < 4.78 is 0. The van der Waals surface area contributed by atoms with Gasteiger partial charge in [0.25, 0.3) is 0 Å². The van der Waals surface area contributed by atoms with Crippen LogP contribution in [-0.4, -0.2) is 24.0 Å². The van der Waals surface area contributed by atoms with Crippen molar-refractivity contribution in [1.29, 1.82) is 0 Å². The van der Waals surface area contributed by atoms with Crippen molar-refractivity contribution < 1.29 is 5.11 Å². The summed E-state index contributed by atoms with van der Waals surface area (Å²) in [7, 11) is 0. The molecule has 0 aromatic heterocycles. The molecule has 1 atom stereocenters. The van der Waals surface area contributed by atoms with Crippen LogP contribution in [0.1, 0.15) is 20.8 Å². The van der Waals surface area contributed by atoms with Gasteiger partial charge in [-0.25, -0.2) is 0 Å². The Hall–Kier alpha value is -0.120. The van der Waals surface area contributed by atoms with Crippen LogP contribution in [0.5, 0.6) is 0 Å². The summed E-state index contributed by atoms with van der Waals surface area (Å²) in [5.74, 6) is 0. The van der Waals surface area contributed by atoms with Gasteiger partial charge in [-0.3, -0.25) is 10.6 Å². The van der Waals surface area contributed by atoms with Crippen LogP contribution in [0.25, 0.3) is 0 Å². The molecule has 1 unspecified atom stereocenters. The molecule has 0 aliphatic carbocycles. The molecule has 0 heterocycles. The van der Waals surface area contributed by atoms with Gasteiger partial charge in [-0.15, -0.1) is 0 Å². The number of hydrogen-bond donors (Lipinski definition) is 3. The summed E-state index contributed by atoms with van der Waals surface area (Å²) >= 11 is 0. The minimum atomic E-state index is -0.560. The molecule has 0 aliphatic rings. The lowest BCUT2D eigenvalue weighted by Crippen LogP contribution is -2.45. The molecule has 0 aromatic carbocycles. The van der Waals surface area contributed by atoms with E-state index in [9.17, 15) is 0 Å². The van der Waals surface area contributed by atoms with Crippen LogP contribution in [0, 0.1) is 0 Å². The topological polar surface area (TPSA) is 44.3 Å². The predicted octanol–water partition coefficient (Wildman–Crippen LogP) is -0.130. The van der Waals surface area contributed by atoms with Gasteiger partial charge >= 0.3 is 0 Å². The maximum absolute atomic E-state index is 9.00. The molecule has 56 valence electrons. The van der Waals surface area contributed by atoms with E-state index in [0.29, 0.717) is 6.04 Å². The molecule has 0 radical (unpaired) electrons. The van der Waals surface area contributed by atoms with Crippen molar-refractivity contribution >= 4 is 0 Å². The van der Waals surface area contributed by atoms with Crippen LogP contribution < -0.4 is 10.6 Å². The summed E-state index contributed by atoms with van der Waals surface area (Å²) in [6.07, 6.45) is -0.560. The van der Waals surface area contributed by atoms with Crippen LogP contribution in [0.2, 0.25) is 0 Å². The van der Waals surface area contributed by atoms with Crippen molar-refractivity contribution in [2.24, 2.45) is 0 Å². The molecule has 0 bridgehead atoms. The van der Waals surface area contributed by atoms with Gasteiger partial charge in [0.15, 0.2) is 6.35 Å². The number of aliphatic hydroxyl groups is 1. The predicted molar refractivity (Wildman–Crippen MR) is 38.0 cm³/mol. The Bertz CT molecular complexity index is 66.1. The molecule has 0 fully saturated rings. The van der Waals surface area contributed by atoms with E-state index < -0.39 is 6.35 Å². The van der Waals surface area contributed by atoms with Crippen molar-refractivity contribution in [2.45, 2.75) is 33.2 Å². The van der Waals surface area contributed by atoms with Gasteiger partial charge in [0.1, 0.15) is 0 Å². The minimum absolute atomic E-state index is 0.319. The molecule has 0 saturated carbocycles. The summed E-state index contributed by atoms with van der Waals surface area (Å²) in [6.45, 7) is 6.70. The normalized spacial score (nSPS) is 14.3. The Morgan fingerprint density at radius 3 is 2.33 bits per heavy atom. The van der Waals surface area contributed by atoms with E-state index in [1.165, 1.54) is 0 Å². The van der Waals surface area contributed by atoms with Crippen molar-refractivity contribution in [3.8, 4) is 0 Å². The van der Waals surface area contributed by atoms with Gasteiger partial charge in [0.05, 0.1) is 0 Å². The van der Waals surface area contributed by atoms with Gasteiger partial charge in [-0.05, 0) is 20.4 Å². The smallest absolute Gasteiger partial charge is 0.160 e. The fourth-order valence-corrected chi connectivity index (χ4v) is 0.568. The third kappa shape index (κ3) is 5.76. The SMILES string of the molecule is CCNC(O)NC(C)C. The van der Waals surface area contributed by atoms with Crippen LogP contribution in [0.4, 0.5) is 0 Å². The number of aliphatic hydroxyl groups excluding tert-OH is 1. The highest BCUT2D eigenvalue weighted by molar-refractivity contribution is 4.53. The second-order valence-corrected chi connectivity index (χ2v) is 2.28. The standard InChI is InChI=1S/C6H16N2O/c1-4-7-6(9)8-5(2)3/h5-9H,4H2,1-3H3. The highest BCUT2D eigenvalue weighted by Crippen LogP contribution is 1.77. The van der Waals surface area contributed by atoms with E-state index in [0.717, 1.165) is 6.54 Å². The third-order valence-electron chi connectivity index (χ3n) is 0.889. The number of hydrogen-bond acceptors (Lipinski definition) is 3. The summed E-state index contributed by atoms with van der Waals surface area (Å²) in [5.41, 5.74) is 0. The van der Waals surface area contributed by atoms with E-state index in [-0.39, 0.29) is 0 Å². The highest BCUT2D eigenvalue weighted by Gasteiger charge is 2.00. The van der Waals surface area contributed by atoms with E-state index in [1.54, 1.807) is 0 Å². The molecule has 9 heavy (non-hydrogen) atoms. The van der Waals surface area contributed by atoms with E-state index in [1.807, 2.05) is 20.8 Å². The Balaban J connectivity index is 3.15. The Morgan fingerprint density at radius 2 is 2.00 bits per heavy atom. The molecular formula is C6H16N2O. The van der Waals surface area contributed by atoms with Crippen LogP contribution in [0.3, 0.4) is 0 Å². The molecule has 0 saturated heterocycles. The zero-order valence-corrected chi connectivity index (χ0v) is 6.31. The van der Waals surface area contributed by atoms with Crippen molar-refractivity contribution in [3.63, 3.8) is 0 Å². The van der Waals surface area contributed by atoms with Gasteiger partial charge in [0.2, 0.25) is 0 Å². The fraction of sp³-hybridized carbons (Fsp3) is 1.00. The molecule has 0 aromatic rings. The second kappa shape index (κ2) is 4.73. The van der Waals surface area contributed by atoms with Crippen molar-refractivity contribution in [3.05, 3.63) is 0 Å². The third-order valence-corrected chi connectivity index (χ3v) is 0.889. The first-order valence-electron chi connectivity index (χ1n) is 3.34. The molecule has 0 spiro atoms. The molecule has 3 heteroatoms. The molecular weight excluding hydrogens is 116 g/mol. The zero-order chi connectivity index (χ0) is 7.28. The number of rotatable bonds is 4. The summed E-state index contributed by atoms with van der Waals surface area (Å²) in [6, 6.07) is 0.319. The molecule has 0 amide bonds. The zero-order valence-electron chi connectivity index (χ0n) is 6.31. The average Bonchev–Trinajstić information content (AvgIpc) is 1.63. The van der Waals surface area contributed by atoms with Crippen LogP contribution >= 0.6 is 0 Å². The fourth-order valence-electron chi connectivity index (χ4n) is 0.568. The lowest BCUT2D eigenvalue weighted by Gasteiger charge is -2.15. The molecule has 3 nitrogen and oxygen atoms in total. The van der Waals surface area contributed by atoms with E-state index in [4.69, 9.17) is 5.11 Å². The second-order valence-electron chi connectivity index (χ2n) is 2.28. The molecule has 0 aliphatic heterocycles. The van der Waals surface area contributed by atoms with E-state index >= 15 is 0 Å². The van der Waals surface area contributed by atoms with Gasteiger partial charge < -0.3 is 5.11 Å². The highest BCUT2D eigenvalue weighted by atomic mass is 16.3. The quantitative estimate of drug-likeness (QED) is 0.467. The van der Waals surface area contributed by atoms with E-state index in [2.05, 4.69) is 10.6 Å². The monoisotopic (exact) mass is 132 g/mol. The largest absolute Gasteiger partial charge is 0.365 e. The molecule has 3 N–H and O–H groups in total. The van der Waals surface area contributed by atoms with Crippen LogP contribution in [-0.2, 0) is 0 Å².